The van der Waals surface area contributed by atoms with E-state index in [0.717, 1.165) is 16.8 Å². The summed E-state index contributed by atoms with van der Waals surface area (Å²) in [7, 11) is 0. The number of ether oxygens (including phenoxy) is 1. The maximum absolute atomic E-state index is 12.3. The molecule has 2 heterocycles. The molecule has 2 aromatic rings. The second kappa shape index (κ2) is 6.03. The lowest BCUT2D eigenvalue weighted by atomic mass is 10.1. The smallest absolute Gasteiger partial charge is 0.410 e. The van der Waals surface area contributed by atoms with Crippen molar-refractivity contribution in [2.24, 2.45) is 0 Å². The van der Waals surface area contributed by atoms with Crippen molar-refractivity contribution in [1.29, 1.82) is 0 Å². The number of carbonyl (C=O) groups excluding carboxylic acids is 2. The first kappa shape index (κ1) is 16.1. The Morgan fingerprint density at radius 1 is 1.21 bits per heavy atom. The van der Waals surface area contributed by atoms with Gasteiger partial charge in [0.05, 0.1) is 12.1 Å². The number of aromatic amines is 1. The molecule has 1 aliphatic heterocycles. The molecule has 1 aromatic carbocycles. The summed E-state index contributed by atoms with van der Waals surface area (Å²) in [6, 6.07) is 7.41. The zero-order chi connectivity index (χ0) is 17.3. The molecular formula is C18H21N3O3. The third-order valence-corrected chi connectivity index (χ3v) is 3.74. The van der Waals surface area contributed by atoms with Gasteiger partial charge in [-0.2, -0.15) is 0 Å². The Balaban J connectivity index is 1.75. The molecular weight excluding hydrogens is 306 g/mol. The molecule has 0 saturated carbocycles. The number of rotatable bonds is 2. The molecule has 0 fully saturated rings. The van der Waals surface area contributed by atoms with Crippen LogP contribution in [0.25, 0.3) is 0 Å². The minimum atomic E-state index is -0.531. The number of benzene rings is 1. The van der Waals surface area contributed by atoms with E-state index < -0.39 is 5.60 Å². The molecule has 0 aliphatic carbocycles. The average molecular weight is 327 g/mol. The van der Waals surface area contributed by atoms with Crippen LogP contribution in [0.3, 0.4) is 0 Å². The van der Waals surface area contributed by atoms with E-state index in [1.807, 2.05) is 39.0 Å². The van der Waals surface area contributed by atoms with Crippen LogP contribution in [-0.2, 0) is 17.8 Å². The van der Waals surface area contributed by atoms with Gasteiger partial charge in [-0.25, -0.2) is 4.79 Å². The maximum Gasteiger partial charge on any atom is 0.410 e. The molecule has 1 aromatic heterocycles. The molecule has 2 amide bonds. The number of aromatic nitrogens is 1. The topological polar surface area (TPSA) is 74.4 Å². The molecule has 0 saturated heterocycles. The molecule has 2 N–H and O–H groups in total. The Labute approximate surface area is 140 Å². The van der Waals surface area contributed by atoms with Gasteiger partial charge in [-0.1, -0.05) is 12.1 Å². The summed E-state index contributed by atoms with van der Waals surface area (Å²) < 4.78 is 5.43. The van der Waals surface area contributed by atoms with E-state index in [4.69, 9.17) is 4.74 Å². The molecule has 0 atom stereocenters. The SMILES string of the molecule is CC(C)(C)OC(=O)N1Cc2cccc(NC(=O)c3cc[nH]c3)c2C1. The van der Waals surface area contributed by atoms with E-state index in [-0.39, 0.29) is 12.0 Å². The summed E-state index contributed by atoms with van der Waals surface area (Å²) in [6.07, 6.45) is 3.00. The van der Waals surface area contributed by atoms with Crippen molar-refractivity contribution in [3.8, 4) is 0 Å². The first-order valence-corrected chi connectivity index (χ1v) is 7.86. The predicted molar refractivity (Wildman–Crippen MR) is 90.7 cm³/mol. The normalized spacial score (nSPS) is 13.5. The second-order valence-electron chi connectivity index (χ2n) is 6.83. The lowest BCUT2D eigenvalue weighted by Crippen LogP contribution is -2.33. The standard InChI is InChI=1S/C18H21N3O3/c1-18(2,3)24-17(23)21-10-13-5-4-6-15(14(13)11-21)20-16(22)12-7-8-19-9-12/h4-9,19H,10-11H2,1-3H3,(H,20,22). The van der Waals surface area contributed by atoms with Crippen LogP contribution in [0.4, 0.5) is 10.5 Å². The minimum Gasteiger partial charge on any atom is -0.444 e. The van der Waals surface area contributed by atoms with Crippen molar-refractivity contribution in [2.75, 3.05) is 5.32 Å². The highest BCUT2D eigenvalue weighted by Gasteiger charge is 2.29. The van der Waals surface area contributed by atoms with Crippen molar-refractivity contribution >= 4 is 17.7 Å². The predicted octanol–water partition coefficient (Wildman–Crippen LogP) is 3.52. The summed E-state index contributed by atoms with van der Waals surface area (Å²) >= 11 is 0. The lowest BCUT2D eigenvalue weighted by molar-refractivity contribution is 0.0242. The van der Waals surface area contributed by atoms with Gasteiger partial charge in [-0.15, -0.1) is 0 Å². The fraction of sp³-hybridized carbons (Fsp3) is 0.333. The minimum absolute atomic E-state index is 0.180. The number of hydrogen-bond donors (Lipinski definition) is 2. The highest BCUT2D eigenvalue weighted by Crippen LogP contribution is 2.30. The van der Waals surface area contributed by atoms with Crippen molar-refractivity contribution in [2.45, 2.75) is 39.5 Å². The van der Waals surface area contributed by atoms with Gasteiger partial charge in [-0.05, 0) is 38.5 Å². The highest BCUT2D eigenvalue weighted by molar-refractivity contribution is 6.04. The summed E-state index contributed by atoms with van der Waals surface area (Å²) in [6.45, 7) is 6.44. The van der Waals surface area contributed by atoms with Crippen LogP contribution in [0.2, 0.25) is 0 Å². The van der Waals surface area contributed by atoms with E-state index >= 15 is 0 Å². The number of H-pyrrole nitrogens is 1. The fourth-order valence-corrected chi connectivity index (χ4v) is 2.65. The van der Waals surface area contributed by atoms with Crippen LogP contribution in [0, 0.1) is 0 Å². The van der Waals surface area contributed by atoms with Gasteiger partial charge in [0, 0.05) is 30.2 Å². The molecule has 6 heteroatoms. The second-order valence-corrected chi connectivity index (χ2v) is 6.83. The van der Waals surface area contributed by atoms with E-state index in [2.05, 4.69) is 10.3 Å². The van der Waals surface area contributed by atoms with Gasteiger partial charge >= 0.3 is 6.09 Å². The molecule has 0 radical (unpaired) electrons. The van der Waals surface area contributed by atoms with Gasteiger partial charge in [0.15, 0.2) is 0 Å². The summed E-state index contributed by atoms with van der Waals surface area (Å²) in [5.41, 5.74) is 2.73. The third-order valence-electron chi connectivity index (χ3n) is 3.74. The van der Waals surface area contributed by atoms with Crippen LogP contribution >= 0.6 is 0 Å². The zero-order valence-electron chi connectivity index (χ0n) is 14.1. The fourth-order valence-electron chi connectivity index (χ4n) is 2.65. The Kier molecular flexibility index (Phi) is 4.05. The first-order valence-electron chi connectivity index (χ1n) is 7.86. The number of nitrogens with one attached hydrogen (secondary N) is 2. The van der Waals surface area contributed by atoms with Crippen LogP contribution in [0.15, 0.2) is 36.7 Å². The van der Waals surface area contributed by atoms with Gasteiger partial charge < -0.3 is 15.0 Å². The van der Waals surface area contributed by atoms with Crippen LogP contribution in [0.1, 0.15) is 42.3 Å². The van der Waals surface area contributed by atoms with Crippen LogP contribution in [0.5, 0.6) is 0 Å². The average Bonchev–Trinajstić information content (AvgIpc) is 3.15. The van der Waals surface area contributed by atoms with Crippen LogP contribution in [-0.4, -0.2) is 27.5 Å². The van der Waals surface area contributed by atoms with Gasteiger partial charge in [0.1, 0.15) is 5.60 Å². The Morgan fingerprint density at radius 2 is 2.00 bits per heavy atom. The number of amides is 2. The molecule has 6 nitrogen and oxygen atoms in total. The molecule has 0 bridgehead atoms. The number of hydrogen-bond acceptors (Lipinski definition) is 3. The van der Waals surface area contributed by atoms with Gasteiger partial charge in [0.25, 0.3) is 5.91 Å². The molecule has 126 valence electrons. The van der Waals surface area contributed by atoms with Crippen molar-refractivity contribution in [3.05, 3.63) is 53.3 Å². The van der Waals surface area contributed by atoms with Crippen molar-refractivity contribution in [1.82, 2.24) is 9.88 Å². The van der Waals surface area contributed by atoms with Crippen molar-refractivity contribution in [3.63, 3.8) is 0 Å². The molecule has 0 unspecified atom stereocenters. The number of anilines is 1. The summed E-state index contributed by atoms with van der Waals surface area (Å²) in [5.74, 6) is -0.180. The summed E-state index contributed by atoms with van der Waals surface area (Å²) in [4.78, 5) is 29.0. The number of nitrogens with zero attached hydrogens (tertiary/aromatic N) is 1. The van der Waals surface area contributed by atoms with E-state index in [0.29, 0.717) is 18.7 Å². The highest BCUT2D eigenvalue weighted by atomic mass is 16.6. The molecule has 1 aliphatic rings. The summed E-state index contributed by atoms with van der Waals surface area (Å²) in [5, 5.41) is 2.91. The maximum atomic E-state index is 12.3. The number of fused-ring (bicyclic) bond motifs is 1. The quantitative estimate of drug-likeness (QED) is 0.886. The Morgan fingerprint density at radius 3 is 2.67 bits per heavy atom. The van der Waals surface area contributed by atoms with E-state index in [1.165, 1.54) is 0 Å². The number of carbonyl (C=O) groups is 2. The molecule has 24 heavy (non-hydrogen) atoms. The van der Waals surface area contributed by atoms with Gasteiger partial charge in [0.2, 0.25) is 0 Å². The lowest BCUT2D eigenvalue weighted by Gasteiger charge is -2.24. The Hall–Kier alpha value is -2.76. The van der Waals surface area contributed by atoms with Gasteiger partial charge in [-0.3, -0.25) is 9.69 Å². The van der Waals surface area contributed by atoms with Crippen LogP contribution < -0.4 is 5.32 Å². The van der Waals surface area contributed by atoms with E-state index in [9.17, 15) is 9.59 Å². The molecule has 0 spiro atoms. The van der Waals surface area contributed by atoms with E-state index in [1.54, 1.807) is 23.4 Å². The zero-order valence-corrected chi connectivity index (χ0v) is 14.1. The van der Waals surface area contributed by atoms with Crippen molar-refractivity contribution < 1.29 is 14.3 Å². The molecule has 3 rings (SSSR count). The monoisotopic (exact) mass is 327 g/mol. The first-order chi connectivity index (χ1) is 11.3. The third kappa shape index (κ3) is 3.42. The largest absolute Gasteiger partial charge is 0.444 e. The Bertz CT molecular complexity index is 760.